The molecule has 3 rings (SSSR count). The van der Waals surface area contributed by atoms with Crippen molar-refractivity contribution < 1.29 is 24.0 Å². The van der Waals surface area contributed by atoms with Gasteiger partial charge in [-0.25, -0.2) is 9.59 Å². The normalized spacial score (nSPS) is 18.1. The van der Waals surface area contributed by atoms with Crippen molar-refractivity contribution in [2.75, 3.05) is 18.6 Å². The Bertz CT molecular complexity index is 890. The van der Waals surface area contributed by atoms with Crippen molar-refractivity contribution in [3.63, 3.8) is 0 Å². The number of nitro groups is 1. The van der Waals surface area contributed by atoms with Crippen LogP contribution in [0.25, 0.3) is 0 Å². The molecule has 8 nitrogen and oxygen atoms in total. The summed E-state index contributed by atoms with van der Waals surface area (Å²) in [7, 11) is 0. The van der Waals surface area contributed by atoms with Gasteiger partial charge in [0.15, 0.2) is 0 Å². The van der Waals surface area contributed by atoms with Crippen LogP contribution < -0.4 is 0 Å². The van der Waals surface area contributed by atoms with E-state index in [2.05, 4.69) is 0 Å². The third-order valence-electron chi connectivity index (χ3n) is 4.76. The number of benzene rings is 2. The molecular weight excluding hydrogens is 408 g/mol. The van der Waals surface area contributed by atoms with Crippen LogP contribution in [0.4, 0.5) is 10.5 Å². The van der Waals surface area contributed by atoms with Gasteiger partial charge >= 0.3 is 12.1 Å². The number of hydrogen-bond acceptors (Lipinski definition) is 7. The molecule has 1 saturated heterocycles. The molecule has 1 aliphatic heterocycles. The lowest BCUT2D eigenvalue weighted by Gasteiger charge is -2.22. The Morgan fingerprint density at radius 2 is 1.87 bits per heavy atom. The Morgan fingerprint density at radius 1 is 1.17 bits per heavy atom. The molecule has 1 amide bonds. The van der Waals surface area contributed by atoms with Crippen molar-refractivity contribution in [1.29, 1.82) is 0 Å². The van der Waals surface area contributed by atoms with E-state index >= 15 is 0 Å². The summed E-state index contributed by atoms with van der Waals surface area (Å²) in [5.74, 6) is 0.288. The van der Waals surface area contributed by atoms with Crippen LogP contribution in [0.1, 0.15) is 22.3 Å². The number of carbonyl (C=O) groups is 2. The average Bonchev–Trinajstić information content (AvgIpc) is 3.15. The standard InChI is InChI=1S/C21H22N2O6S/c1-30-14-18-11-19(29-20(24)16-5-3-2-4-6-16)12-22(18)21(25)28-13-15-7-9-17(10-8-15)23(26)27/h2-10,18-19H,11-14H2,1H3/t18-,19+/m0/s1. The van der Waals surface area contributed by atoms with E-state index in [9.17, 15) is 19.7 Å². The number of carbonyl (C=O) groups excluding carboxylic acids is 2. The summed E-state index contributed by atoms with van der Waals surface area (Å²) < 4.78 is 11.0. The molecule has 0 spiro atoms. The van der Waals surface area contributed by atoms with Gasteiger partial charge in [0.2, 0.25) is 0 Å². The first-order valence-electron chi connectivity index (χ1n) is 9.39. The number of ether oxygens (including phenoxy) is 2. The number of nitro benzene ring substituents is 1. The molecule has 1 heterocycles. The molecule has 0 saturated carbocycles. The highest BCUT2D eigenvalue weighted by Gasteiger charge is 2.38. The largest absolute Gasteiger partial charge is 0.457 e. The lowest BCUT2D eigenvalue weighted by molar-refractivity contribution is -0.384. The van der Waals surface area contributed by atoms with Gasteiger partial charge < -0.3 is 14.4 Å². The van der Waals surface area contributed by atoms with Crippen LogP contribution in [-0.2, 0) is 16.1 Å². The minimum atomic E-state index is -0.495. The lowest BCUT2D eigenvalue weighted by Crippen LogP contribution is -2.37. The van der Waals surface area contributed by atoms with E-state index in [0.29, 0.717) is 23.3 Å². The molecule has 0 aromatic heterocycles. The zero-order valence-corrected chi connectivity index (χ0v) is 17.2. The first kappa shape index (κ1) is 21.6. The van der Waals surface area contributed by atoms with Gasteiger partial charge in [0, 0.05) is 30.3 Å². The summed E-state index contributed by atoms with van der Waals surface area (Å²) >= 11 is 1.60. The number of likely N-dealkylation sites (tertiary alicyclic amines) is 1. The Morgan fingerprint density at radius 3 is 2.50 bits per heavy atom. The fraction of sp³-hybridized carbons (Fsp3) is 0.333. The van der Waals surface area contributed by atoms with E-state index in [1.165, 1.54) is 12.1 Å². The molecule has 0 N–H and O–H groups in total. The molecule has 0 aliphatic carbocycles. The molecule has 0 bridgehead atoms. The van der Waals surface area contributed by atoms with E-state index in [-0.39, 0.29) is 24.9 Å². The maximum Gasteiger partial charge on any atom is 0.410 e. The van der Waals surface area contributed by atoms with Crippen molar-refractivity contribution >= 4 is 29.5 Å². The molecule has 2 aromatic rings. The Kier molecular flexibility index (Phi) is 7.29. The van der Waals surface area contributed by atoms with E-state index in [0.717, 1.165) is 0 Å². The zero-order valence-electron chi connectivity index (χ0n) is 16.4. The van der Waals surface area contributed by atoms with E-state index < -0.39 is 23.1 Å². The van der Waals surface area contributed by atoms with Crippen molar-refractivity contribution in [2.45, 2.75) is 25.2 Å². The van der Waals surface area contributed by atoms with Crippen LogP contribution >= 0.6 is 11.8 Å². The molecule has 1 aliphatic rings. The van der Waals surface area contributed by atoms with E-state index in [1.54, 1.807) is 53.1 Å². The van der Waals surface area contributed by atoms with Crippen LogP contribution in [0, 0.1) is 10.1 Å². The SMILES string of the molecule is CSC[C@@H]1C[C@@H](OC(=O)c2ccccc2)CN1C(=O)OCc1ccc([N+](=O)[O-])cc1. The van der Waals surface area contributed by atoms with Crippen molar-refractivity contribution in [3.05, 3.63) is 75.8 Å². The summed E-state index contributed by atoms with van der Waals surface area (Å²) in [5, 5.41) is 10.7. The fourth-order valence-corrected chi connectivity index (χ4v) is 3.97. The smallest absolute Gasteiger partial charge is 0.410 e. The minimum Gasteiger partial charge on any atom is -0.457 e. The predicted molar refractivity (Wildman–Crippen MR) is 112 cm³/mol. The highest BCUT2D eigenvalue weighted by molar-refractivity contribution is 7.98. The molecule has 2 aromatic carbocycles. The Labute approximate surface area is 178 Å². The van der Waals surface area contributed by atoms with Gasteiger partial charge in [0.05, 0.1) is 17.0 Å². The Balaban J connectivity index is 1.58. The second-order valence-corrected chi connectivity index (χ2v) is 7.78. The number of thioether (sulfide) groups is 1. The zero-order chi connectivity index (χ0) is 21.5. The number of hydrogen-bond donors (Lipinski definition) is 0. The van der Waals surface area contributed by atoms with Crippen molar-refractivity contribution in [3.8, 4) is 0 Å². The molecule has 158 valence electrons. The van der Waals surface area contributed by atoms with Gasteiger partial charge in [0.1, 0.15) is 12.7 Å². The molecule has 2 atom stereocenters. The topological polar surface area (TPSA) is 99.0 Å². The van der Waals surface area contributed by atoms with Crippen LogP contribution in [0.5, 0.6) is 0 Å². The average molecular weight is 430 g/mol. The first-order valence-corrected chi connectivity index (χ1v) is 10.8. The van der Waals surface area contributed by atoms with Crippen LogP contribution in [0.3, 0.4) is 0 Å². The molecule has 30 heavy (non-hydrogen) atoms. The van der Waals surface area contributed by atoms with Crippen LogP contribution in [-0.4, -0.2) is 52.6 Å². The van der Waals surface area contributed by atoms with E-state index in [4.69, 9.17) is 9.47 Å². The lowest BCUT2D eigenvalue weighted by atomic mass is 10.2. The quantitative estimate of drug-likeness (QED) is 0.373. The van der Waals surface area contributed by atoms with Crippen molar-refractivity contribution in [2.24, 2.45) is 0 Å². The summed E-state index contributed by atoms with van der Waals surface area (Å²) in [5.41, 5.74) is 1.10. The predicted octanol–water partition coefficient (Wildman–Crippen LogP) is 3.89. The second-order valence-electron chi connectivity index (χ2n) is 6.87. The number of nitrogens with zero attached hydrogens (tertiary/aromatic N) is 2. The van der Waals surface area contributed by atoms with E-state index in [1.807, 2.05) is 12.3 Å². The highest BCUT2D eigenvalue weighted by Crippen LogP contribution is 2.25. The monoisotopic (exact) mass is 430 g/mol. The third-order valence-corrected chi connectivity index (χ3v) is 5.48. The molecule has 9 heteroatoms. The first-order chi connectivity index (χ1) is 14.5. The maximum absolute atomic E-state index is 12.6. The van der Waals surface area contributed by atoms with Gasteiger partial charge in [-0.2, -0.15) is 11.8 Å². The minimum absolute atomic E-state index is 0.00772. The number of non-ortho nitro benzene ring substituents is 1. The summed E-state index contributed by atoms with van der Waals surface area (Å²) in [6.45, 7) is 0.274. The fourth-order valence-electron chi connectivity index (χ4n) is 3.27. The molecule has 0 unspecified atom stereocenters. The maximum atomic E-state index is 12.6. The number of rotatable bonds is 7. The summed E-state index contributed by atoms with van der Waals surface area (Å²) in [6.07, 6.45) is 1.60. The summed E-state index contributed by atoms with van der Waals surface area (Å²) in [4.78, 5) is 36.8. The van der Waals surface area contributed by atoms with Gasteiger partial charge in [-0.3, -0.25) is 10.1 Å². The van der Waals surface area contributed by atoms with Gasteiger partial charge in [-0.05, 0) is 36.1 Å². The van der Waals surface area contributed by atoms with Gasteiger partial charge in [-0.1, -0.05) is 18.2 Å². The Hall–Kier alpha value is -3.07. The van der Waals surface area contributed by atoms with Crippen LogP contribution in [0.15, 0.2) is 54.6 Å². The molecule has 0 radical (unpaired) electrons. The van der Waals surface area contributed by atoms with Gasteiger partial charge in [0.25, 0.3) is 5.69 Å². The highest BCUT2D eigenvalue weighted by atomic mass is 32.2. The van der Waals surface area contributed by atoms with Crippen LogP contribution in [0.2, 0.25) is 0 Å². The third kappa shape index (κ3) is 5.50. The molecular formula is C21H22N2O6S. The second kappa shape index (κ2) is 10.1. The number of esters is 1. The number of amides is 1. The summed E-state index contributed by atoms with van der Waals surface area (Å²) in [6, 6.07) is 14.5. The van der Waals surface area contributed by atoms with Crippen molar-refractivity contribution in [1.82, 2.24) is 4.90 Å². The van der Waals surface area contributed by atoms with Gasteiger partial charge in [-0.15, -0.1) is 0 Å². The molecule has 1 fully saturated rings.